The average Bonchev–Trinajstić information content (AvgIpc) is 2.48. The Morgan fingerprint density at radius 2 is 1.71 bits per heavy atom. The Kier molecular flexibility index (Phi) is 6.24. The van der Waals surface area contributed by atoms with E-state index in [-0.39, 0.29) is 5.75 Å². The van der Waals surface area contributed by atoms with Gasteiger partial charge in [-0.3, -0.25) is 4.55 Å². The summed E-state index contributed by atoms with van der Waals surface area (Å²) >= 11 is 0. The second-order valence-electron chi connectivity index (χ2n) is 6.20. The van der Waals surface area contributed by atoms with Gasteiger partial charge in [0, 0.05) is 0 Å². The summed E-state index contributed by atoms with van der Waals surface area (Å²) in [6.07, 6.45) is 8.99. The van der Waals surface area contributed by atoms with E-state index in [0.29, 0.717) is 12.3 Å². The summed E-state index contributed by atoms with van der Waals surface area (Å²) < 4.78 is 30.4. The summed E-state index contributed by atoms with van der Waals surface area (Å²) in [6, 6.07) is 10.6. The van der Waals surface area contributed by atoms with Gasteiger partial charge in [-0.25, -0.2) is 0 Å². The van der Waals surface area contributed by atoms with Crippen LogP contribution in [0.4, 0.5) is 0 Å². The molecule has 3 nitrogen and oxygen atoms in total. The van der Waals surface area contributed by atoms with E-state index in [1.165, 1.54) is 37.7 Å². The number of hydrogen-bond acceptors (Lipinski definition) is 2. The maximum atomic E-state index is 10.8. The minimum absolute atomic E-state index is 0.112. The zero-order valence-corrected chi connectivity index (χ0v) is 13.4. The molecule has 1 atom stereocenters. The minimum atomic E-state index is -3.81. The van der Waals surface area contributed by atoms with Gasteiger partial charge in [-0.2, -0.15) is 8.42 Å². The van der Waals surface area contributed by atoms with Crippen LogP contribution in [0.2, 0.25) is 0 Å². The monoisotopic (exact) mass is 310 g/mol. The van der Waals surface area contributed by atoms with Gasteiger partial charge < -0.3 is 0 Å². The van der Waals surface area contributed by atoms with E-state index in [1.807, 2.05) is 6.07 Å². The average molecular weight is 310 g/mol. The summed E-state index contributed by atoms with van der Waals surface area (Å²) in [7, 11) is -3.81. The molecule has 0 bridgehead atoms. The van der Waals surface area contributed by atoms with Crippen molar-refractivity contribution in [3.05, 3.63) is 35.9 Å². The SMILES string of the molecule is O=S(=O)(O)CCCCC(c1ccccc1)C1CCCCC1. The maximum Gasteiger partial charge on any atom is 0.264 e. The van der Waals surface area contributed by atoms with Crippen LogP contribution in [0.15, 0.2) is 30.3 Å². The fourth-order valence-electron chi connectivity index (χ4n) is 3.56. The van der Waals surface area contributed by atoms with Gasteiger partial charge in [0.1, 0.15) is 0 Å². The highest BCUT2D eigenvalue weighted by atomic mass is 32.2. The number of unbranched alkanes of at least 4 members (excludes halogenated alkanes) is 1. The largest absolute Gasteiger partial charge is 0.286 e. The van der Waals surface area contributed by atoms with Crippen LogP contribution < -0.4 is 0 Å². The molecule has 0 spiro atoms. The zero-order chi connectivity index (χ0) is 15.1. The van der Waals surface area contributed by atoms with Crippen molar-refractivity contribution in [2.75, 3.05) is 5.75 Å². The van der Waals surface area contributed by atoms with Crippen LogP contribution in [0, 0.1) is 5.92 Å². The van der Waals surface area contributed by atoms with Crippen LogP contribution in [-0.4, -0.2) is 18.7 Å². The van der Waals surface area contributed by atoms with Gasteiger partial charge in [0.2, 0.25) is 0 Å². The molecule has 0 radical (unpaired) electrons. The molecule has 1 N–H and O–H groups in total. The van der Waals surface area contributed by atoms with Gasteiger partial charge in [-0.1, -0.05) is 56.0 Å². The highest BCUT2D eigenvalue weighted by Gasteiger charge is 2.24. The van der Waals surface area contributed by atoms with Crippen molar-refractivity contribution >= 4 is 10.1 Å². The fourth-order valence-corrected chi connectivity index (χ4v) is 4.13. The smallest absolute Gasteiger partial charge is 0.264 e. The van der Waals surface area contributed by atoms with E-state index in [1.54, 1.807) is 0 Å². The van der Waals surface area contributed by atoms with Crippen LogP contribution in [-0.2, 0) is 10.1 Å². The predicted molar refractivity (Wildman–Crippen MR) is 86.0 cm³/mol. The first-order chi connectivity index (χ1) is 10.1. The van der Waals surface area contributed by atoms with Crippen molar-refractivity contribution in [1.29, 1.82) is 0 Å². The normalized spacial score (nSPS) is 18.5. The quantitative estimate of drug-likeness (QED) is 0.599. The molecule has 0 saturated heterocycles. The highest BCUT2D eigenvalue weighted by molar-refractivity contribution is 7.85. The van der Waals surface area contributed by atoms with Crippen LogP contribution in [0.5, 0.6) is 0 Å². The van der Waals surface area contributed by atoms with E-state index >= 15 is 0 Å². The van der Waals surface area contributed by atoms with Gasteiger partial charge in [0.15, 0.2) is 0 Å². The molecule has 1 aliphatic carbocycles. The molecular weight excluding hydrogens is 284 g/mol. The second kappa shape index (κ2) is 7.95. The first-order valence-corrected chi connectivity index (χ1v) is 9.67. The zero-order valence-electron chi connectivity index (χ0n) is 12.6. The number of rotatable bonds is 7. The van der Waals surface area contributed by atoms with Gasteiger partial charge in [0.05, 0.1) is 5.75 Å². The van der Waals surface area contributed by atoms with Crippen molar-refractivity contribution in [3.63, 3.8) is 0 Å². The summed E-state index contributed by atoms with van der Waals surface area (Å²) in [5.74, 6) is 1.15. The topological polar surface area (TPSA) is 54.4 Å². The van der Waals surface area contributed by atoms with Crippen molar-refractivity contribution < 1.29 is 13.0 Å². The molecule has 1 saturated carbocycles. The van der Waals surface area contributed by atoms with E-state index in [2.05, 4.69) is 24.3 Å². The van der Waals surface area contributed by atoms with Crippen molar-refractivity contribution in [1.82, 2.24) is 0 Å². The molecule has 4 heteroatoms. The Morgan fingerprint density at radius 1 is 1.05 bits per heavy atom. The lowest BCUT2D eigenvalue weighted by Crippen LogP contribution is -2.17. The van der Waals surface area contributed by atoms with Gasteiger partial charge in [0.25, 0.3) is 10.1 Å². The Bertz CT molecular complexity index is 504. The first-order valence-electron chi connectivity index (χ1n) is 8.06. The highest BCUT2D eigenvalue weighted by Crippen LogP contribution is 2.39. The van der Waals surface area contributed by atoms with Crippen LogP contribution in [0.25, 0.3) is 0 Å². The number of hydrogen-bond donors (Lipinski definition) is 1. The lowest BCUT2D eigenvalue weighted by Gasteiger charge is -2.31. The van der Waals surface area contributed by atoms with E-state index in [9.17, 15) is 8.42 Å². The molecule has 1 unspecified atom stereocenters. The van der Waals surface area contributed by atoms with Crippen molar-refractivity contribution in [2.24, 2.45) is 5.92 Å². The molecule has 0 heterocycles. The molecule has 21 heavy (non-hydrogen) atoms. The Morgan fingerprint density at radius 3 is 2.33 bits per heavy atom. The van der Waals surface area contributed by atoms with Gasteiger partial charge in [-0.05, 0) is 43.1 Å². The third-order valence-electron chi connectivity index (χ3n) is 4.61. The van der Waals surface area contributed by atoms with Crippen molar-refractivity contribution in [3.8, 4) is 0 Å². The van der Waals surface area contributed by atoms with Gasteiger partial charge in [-0.15, -0.1) is 0 Å². The second-order valence-corrected chi connectivity index (χ2v) is 7.77. The third kappa shape index (κ3) is 5.79. The van der Waals surface area contributed by atoms with Crippen LogP contribution in [0.3, 0.4) is 0 Å². The molecule has 2 rings (SSSR count). The number of benzene rings is 1. The van der Waals surface area contributed by atoms with Crippen LogP contribution in [0.1, 0.15) is 62.8 Å². The van der Waals surface area contributed by atoms with Gasteiger partial charge >= 0.3 is 0 Å². The summed E-state index contributed by atoms with van der Waals surface area (Å²) in [5.41, 5.74) is 1.39. The maximum absolute atomic E-state index is 10.8. The molecule has 1 aliphatic rings. The molecule has 0 amide bonds. The van der Waals surface area contributed by atoms with E-state index in [0.717, 1.165) is 18.8 Å². The summed E-state index contributed by atoms with van der Waals surface area (Å²) in [4.78, 5) is 0. The Hall–Kier alpha value is -0.870. The fraction of sp³-hybridized carbons (Fsp3) is 0.647. The molecule has 1 aromatic rings. The minimum Gasteiger partial charge on any atom is -0.286 e. The Labute approximate surface area is 128 Å². The van der Waals surface area contributed by atoms with Crippen molar-refractivity contribution in [2.45, 2.75) is 57.3 Å². The predicted octanol–water partition coefficient (Wildman–Crippen LogP) is 4.41. The molecule has 118 valence electrons. The summed E-state index contributed by atoms with van der Waals surface area (Å²) in [5, 5.41) is 0. The summed E-state index contributed by atoms with van der Waals surface area (Å²) in [6.45, 7) is 0. The first kappa shape index (κ1) is 16.5. The standard InChI is InChI=1S/C17H26O3S/c18-21(19,20)14-8-7-13-17(15-9-3-1-4-10-15)16-11-5-2-6-12-16/h1,3-4,9-10,16-17H,2,5-8,11-14H2,(H,18,19,20). The van der Waals surface area contributed by atoms with E-state index in [4.69, 9.17) is 4.55 Å². The third-order valence-corrected chi connectivity index (χ3v) is 5.42. The molecule has 0 aromatic heterocycles. The molecule has 0 aliphatic heterocycles. The van der Waals surface area contributed by atoms with E-state index < -0.39 is 10.1 Å². The molecule has 1 aromatic carbocycles. The lowest BCUT2D eigenvalue weighted by molar-refractivity contribution is 0.290. The molecule has 1 fully saturated rings. The van der Waals surface area contributed by atoms with Crippen LogP contribution >= 0.6 is 0 Å². The lowest BCUT2D eigenvalue weighted by atomic mass is 9.75. The molecular formula is C17H26O3S. The Balaban J connectivity index is 1.95.